The van der Waals surface area contributed by atoms with Crippen LogP contribution in [0.25, 0.3) is 11.0 Å². The highest BCUT2D eigenvalue weighted by Crippen LogP contribution is 2.24. The minimum atomic E-state index is 0.118. The van der Waals surface area contributed by atoms with Gasteiger partial charge < -0.3 is 10.2 Å². The molecule has 1 aromatic carbocycles. The molecule has 2 fully saturated rings. The van der Waals surface area contributed by atoms with Crippen molar-refractivity contribution in [2.45, 2.75) is 6.04 Å². The first-order chi connectivity index (χ1) is 10.7. The van der Waals surface area contributed by atoms with Gasteiger partial charge in [-0.2, -0.15) is 0 Å². The highest BCUT2D eigenvalue weighted by Gasteiger charge is 2.34. The van der Waals surface area contributed by atoms with Crippen LogP contribution in [0.2, 0.25) is 5.02 Å². The Morgan fingerprint density at radius 1 is 1.27 bits per heavy atom. The molecule has 2 aromatic rings. The molecule has 6 nitrogen and oxygen atoms in total. The number of anilines is 1. The van der Waals surface area contributed by atoms with Crippen molar-refractivity contribution < 1.29 is 4.79 Å². The molecule has 1 aromatic heterocycles. The van der Waals surface area contributed by atoms with Gasteiger partial charge in [0.1, 0.15) is 5.82 Å². The van der Waals surface area contributed by atoms with Crippen molar-refractivity contribution in [3.05, 3.63) is 29.4 Å². The van der Waals surface area contributed by atoms with E-state index < -0.39 is 0 Å². The Balaban J connectivity index is 1.46. The van der Waals surface area contributed by atoms with Gasteiger partial charge in [0.15, 0.2) is 0 Å². The van der Waals surface area contributed by atoms with Gasteiger partial charge in [0, 0.05) is 37.2 Å². The van der Waals surface area contributed by atoms with Crippen LogP contribution in [-0.2, 0) is 4.79 Å². The lowest BCUT2D eigenvalue weighted by Gasteiger charge is -2.46. The Morgan fingerprint density at radius 3 is 2.95 bits per heavy atom. The summed E-state index contributed by atoms with van der Waals surface area (Å²) in [5.41, 5.74) is 1.66. The van der Waals surface area contributed by atoms with Gasteiger partial charge >= 0.3 is 0 Å². The van der Waals surface area contributed by atoms with E-state index in [1.54, 1.807) is 6.20 Å². The second-order valence-electron chi connectivity index (χ2n) is 5.74. The van der Waals surface area contributed by atoms with E-state index in [4.69, 9.17) is 11.6 Å². The van der Waals surface area contributed by atoms with Gasteiger partial charge in [-0.3, -0.25) is 14.7 Å². The monoisotopic (exact) mass is 317 g/mol. The Morgan fingerprint density at radius 2 is 2.14 bits per heavy atom. The number of aromatic nitrogens is 2. The molecule has 0 unspecified atom stereocenters. The van der Waals surface area contributed by atoms with Gasteiger partial charge in [0.2, 0.25) is 5.91 Å². The number of piperazine rings is 1. The Labute approximate surface area is 133 Å². The summed E-state index contributed by atoms with van der Waals surface area (Å²) in [5.74, 6) is 1.000. The largest absolute Gasteiger partial charge is 0.354 e. The molecule has 2 aliphatic heterocycles. The van der Waals surface area contributed by atoms with Crippen molar-refractivity contribution in [1.82, 2.24) is 20.2 Å². The molecular weight excluding hydrogens is 302 g/mol. The molecule has 0 saturated carbocycles. The molecule has 2 aliphatic rings. The van der Waals surface area contributed by atoms with E-state index in [2.05, 4.69) is 25.1 Å². The average molecular weight is 318 g/mol. The number of carbonyl (C=O) groups is 1. The predicted octanol–water partition coefficient (Wildman–Crippen LogP) is 0.904. The van der Waals surface area contributed by atoms with Gasteiger partial charge in [-0.15, -0.1) is 0 Å². The second-order valence-corrected chi connectivity index (χ2v) is 6.18. The van der Waals surface area contributed by atoms with Crippen LogP contribution in [-0.4, -0.2) is 59.5 Å². The third-order valence-electron chi connectivity index (χ3n) is 4.26. The number of hydrogen-bond donors (Lipinski definition) is 1. The fourth-order valence-electron chi connectivity index (χ4n) is 2.97. The second kappa shape index (κ2) is 5.37. The lowest BCUT2D eigenvalue weighted by molar-refractivity contribution is -0.125. The first-order valence-electron chi connectivity index (χ1n) is 7.37. The fraction of sp³-hybridized carbons (Fsp3) is 0.400. The molecule has 4 rings (SSSR count). The number of amides is 1. The average Bonchev–Trinajstić information content (AvgIpc) is 2.46. The van der Waals surface area contributed by atoms with Crippen molar-refractivity contribution in [2.75, 3.05) is 37.6 Å². The Hall–Kier alpha value is -1.92. The summed E-state index contributed by atoms with van der Waals surface area (Å²) in [7, 11) is 0. The maximum absolute atomic E-state index is 11.4. The van der Waals surface area contributed by atoms with E-state index in [9.17, 15) is 4.79 Å². The molecule has 0 aliphatic carbocycles. The van der Waals surface area contributed by atoms with Gasteiger partial charge in [-0.25, -0.2) is 4.98 Å². The number of nitrogens with zero attached hydrogens (tertiary/aromatic N) is 4. The van der Waals surface area contributed by atoms with E-state index in [1.807, 2.05) is 18.2 Å². The van der Waals surface area contributed by atoms with Crippen molar-refractivity contribution in [1.29, 1.82) is 0 Å². The SMILES string of the molecule is O=C1CN(C2CN(c3cnc4cc(Cl)ccc4n3)C2)CCN1. The molecule has 0 radical (unpaired) electrons. The number of carbonyl (C=O) groups excluding carboxylic acids is 1. The minimum absolute atomic E-state index is 0.118. The maximum Gasteiger partial charge on any atom is 0.234 e. The fourth-order valence-corrected chi connectivity index (χ4v) is 3.14. The first kappa shape index (κ1) is 13.7. The molecule has 22 heavy (non-hydrogen) atoms. The van der Waals surface area contributed by atoms with Crippen molar-refractivity contribution in [2.24, 2.45) is 0 Å². The minimum Gasteiger partial charge on any atom is -0.354 e. The van der Waals surface area contributed by atoms with Crippen LogP contribution in [0.15, 0.2) is 24.4 Å². The molecule has 114 valence electrons. The van der Waals surface area contributed by atoms with Crippen LogP contribution in [0.4, 0.5) is 5.82 Å². The van der Waals surface area contributed by atoms with Crippen LogP contribution >= 0.6 is 11.6 Å². The highest BCUT2D eigenvalue weighted by molar-refractivity contribution is 6.31. The molecule has 7 heteroatoms. The molecule has 0 atom stereocenters. The summed E-state index contributed by atoms with van der Waals surface area (Å²) in [6.07, 6.45) is 1.79. The van der Waals surface area contributed by atoms with Gasteiger partial charge in [0.05, 0.1) is 23.8 Å². The zero-order valence-corrected chi connectivity index (χ0v) is 12.8. The summed E-state index contributed by atoms with van der Waals surface area (Å²) in [5, 5.41) is 3.52. The van der Waals surface area contributed by atoms with E-state index in [1.165, 1.54) is 0 Å². The molecular formula is C15H16ClN5O. The number of nitrogens with one attached hydrogen (secondary N) is 1. The molecule has 1 N–H and O–H groups in total. The number of halogens is 1. The van der Waals surface area contributed by atoms with Crippen molar-refractivity contribution in [3.8, 4) is 0 Å². The topological polar surface area (TPSA) is 61.4 Å². The zero-order valence-electron chi connectivity index (χ0n) is 12.0. The lowest BCUT2D eigenvalue weighted by Crippen LogP contribution is -2.64. The van der Waals surface area contributed by atoms with Crippen LogP contribution < -0.4 is 10.2 Å². The zero-order chi connectivity index (χ0) is 15.1. The molecule has 1 amide bonds. The summed E-state index contributed by atoms with van der Waals surface area (Å²) < 4.78 is 0. The molecule has 0 bridgehead atoms. The summed E-state index contributed by atoms with van der Waals surface area (Å²) in [6.45, 7) is 3.94. The maximum atomic E-state index is 11.4. The summed E-state index contributed by atoms with van der Waals surface area (Å²) >= 11 is 5.96. The summed E-state index contributed by atoms with van der Waals surface area (Å²) in [4.78, 5) is 24.9. The number of fused-ring (bicyclic) bond motifs is 1. The first-order valence-corrected chi connectivity index (χ1v) is 7.75. The van der Waals surface area contributed by atoms with Gasteiger partial charge in [-0.05, 0) is 18.2 Å². The van der Waals surface area contributed by atoms with E-state index in [0.29, 0.717) is 17.6 Å². The Bertz CT molecular complexity index is 731. The number of benzene rings is 1. The normalized spacial score (nSPS) is 20.0. The Kier molecular flexibility index (Phi) is 3.35. The van der Waals surface area contributed by atoms with Crippen LogP contribution in [0.1, 0.15) is 0 Å². The molecule has 2 saturated heterocycles. The summed E-state index contributed by atoms with van der Waals surface area (Å²) in [6, 6.07) is 5.96. The molecule has 3 heterocycles. The van der Waals surface area contributed by atoms with E-state index in [-0.39, 0.29) is 5.91 Å². The van der Waals surface area contributed by atoms with Crippen LogP contribution in [0.5, 0.6) is 0 Å². The quantitative estimate of drug-likeness (QED) is 0.892. The van der Waals surface area contributed by atoms with Gasteiger partial charge in [0.25, 0.3) is 0 Å². The molecule has 0 spiro atoms. The highest BCUT2D eigenvalue weighted by atomic mass is 35.5. The van der Waals surface area contributed by atoms with Crippen molar-refractivity contribution in [3.63, 3.8) is 0 Å². The third-order valence-corrected chi connectivity index (χ3v) is 4.50. The van der Waals surface area contributed by atoms with Crippen LogP contribution in [0, 0.1) is 0 Å². The predicted molar refractivity (Wildman–Crippen MR) is 85.1 cm³/mol. The third kappa shape index (κ3) is 2.48. The standard InChI is InChI=1S/C15H16ClN5O/c16-10-1-2-12-13(5-10)18-6-14(19-12)21-7-11(8-21)20-4-3-17-15(22)9-20/h1-2,5-6,11H,3-4,7-9H2,(H,17,22). The van der Waals surface area contributed by atoms with Gasteiger partial charge in [-0.1, -0.05) is 11.6 Å². The van der Waals surface area contributed by atoms with Crippen LogP contribution in [0.3, 0.4) is 0 Å². The smallest absolute Gasteiger partial charge is 0.234 e. The van der Waals surface area contributed by atoms with E-state index in [0.717, 1.165) is 43.0 Å². The number of rotatable bonds is 2. The lowest BCUT2D eigenvalue weighted by atomic mass is 10.1. The number of hydrogen-bond acceptors (Lipinski definition) is 5. The van der Waals surface area contributed by atoms with E-state index >= 15 is 0 Å². The van der Waals surface area contributed by atoms with Crippen molar-refractivity contribution >= 4 is 34.4 Å².